The number of nitrogens with one attached hydrogen (secondary N) is 3. The topological polar surface area (TPSA) is 162 Å². The second-order valence-corrected chi connectivity index (χ2v) is 11.2. The van der Waals surface area contributed by atoms with Crippen LogP contribution in [-0.4, -0.2) is 109 Å². The number of amides is 2. The average molecular weight is 599 g/mol. The fourth-order valence-corrected chi connectivity index (χ4v) is 4.96. The van der Waals surface area contributed by atoms with Crippen LogP contribution in [0.5, 0.6) is 11.5 Å². The number of β-amino-alcohol motifs (C(OH)–C–C–N with tert-alkyl or cyclic N) is 1. The monoisotopic (exact) mass is 598 g/mol. The number of phenols is 1. The fourth-order valence-electron chi connectivity index (χ4n) is 4.96. The number of aromatic hydroxyl groups is 1. The summed E-state index contributed by atoms with van der Waals surface area (Å²) in [6, 6.07) is 11.1. The molecule has 0 aromatic heterocycles. The van der Waals surface area contributed by atoms with Crippen molar-refractivity contribution in [1.82, 2.24) is 20.9 Å². The Bertz CT molecular complexity index is 1250. The highest BCUT2D eigenvalue weighted by Gasteiger charge is 2.50. The van der Waals surface area contributed by atoms with Gasteiger partial charge in [0.05, 0.1) is 39.0 Å². The Hall–Kier alpha value is -3.55. The number of morpholine rings is 1. The number of carbonyl (C=O) groups is 3. The number of ether oxygens (including phenoxy) is 3. The minimum Gasteiger partial charge on any atom is -0.508 e. The van der Waals surface area contributed by atoms with Crippen molar-refractivity contribution in [2.45, 2.75) is 56.6 Å². The Morgan fingerprint density at radius 2 is 1.70 bits per heavy atom. The maximum atomic E-state index is 13.8. The zero-order chi connectivity index (χ0) is 31.0. The molecular formula is C31H42N4O8. The summed E-state index contributed by atoms with van der Waals surface area (Å²) in [6.07, 6.45) is -0.801. The number of carbonyl (C=O) groups excluding carboxylic acids is 3. The quantitative estimate of drug-likeness (QED) is 0.141. The molecule has 2 saturated heterocycles. The van der Waals surface area contributed by atoms with E-state index in [4.69, 9.17) is 14.2 Å². The summed E-state index contributed by atoms with van der Waals surface area (Å²) in [4.78, 5) is 42.4. The third-order valence-corrected chi connectivity index (χ3v) is 7.73. The largest absolute Gasteiger partial charge is 0.508 e. The molecule has 2 aromatic rings. The number of nitrogens with zero attached hydrogens (tertiary/aromatic N) is 1. The van der Waals surface area contributed by atoms with Crippen LogP contribution >= 0.6 is 0 Å². The maximum Gasteiger partial charge on any atom is 0.243 e. The summed E-state index contributed by atoms with van der Waals surface area (Å²) in [6.45, 7) is 6.37. The highest BCUT2D eigenvalue weighted by atomic mass is 16.6. The van der Waals surface area contributed by atoms with Gasteiger partial charge in [-0.3, -0.25) is 24.6 Å². The first-order chi connectivity index (χ1) is 20.6. The summed E-state index contributed by atoms with van der Waals surface area (Å²) < 4.78 is 15.9. The average Bonchev–Trinajstić information content (AvgIpc) is 3.75. The van der Waals surface area contributed by atoms with Crippen LogP contribution in [0.3, 0.4) is 0 Å². The predicted molar refractivity (Wildman–Crippen MR) is 158 cm³/mol. The lowest BCUT2D eigenvalue weighted by molar-refractivity contribution is -0.133. The van der Waals surface area contributed by atoms with Crippen molar-refractivity contribution >= 4 is 17.6 Å². The van der Waals surface area contributed by atoms with Gasteiger partial charge in [0.25, 0.3) is 0 Å². The number of hydrogen-bond acceptors (Lipinski definition) is 10. The van der Waals surface area contributed by atoms with E-state index < -0.39 is 41.8 Å². The first-order valence-electron chi connectivity index (χ1n) is 14.5. The first-order valence-corrected chi connectivity index (χ1v) is 14.5. The lowest BCUT2D eigenvalue weighted by Crippen LogP contribution is -2.58. The lowest BCUT2D eigenvalue weighted by atomic mass is 9.94. The predicted octanol–water partition coefficient (Wildman–Crippen LogP) is 0.142. The van der Waals surface area contributed by atoms with Crippen molar-refractivity contribution in [3.8, 4) is 11.5 Å². The maximum absolute atomic E-state index is 13.8. The number of Topliss-reactive ketones (excluding diaryl/α,β-unsaturated/α-hetero) is 1. The number of aliphatic hydroxyl groups excluding tert-OH is 1. The Balaban J connectivity index is 1.49. The number of ketones is 1. The molecule has 12 heteroatoms. The molecule has 0 spiro atoms. The van der Waals surface area contributed by atoms with Gasteiger partial charge in [0.15, 0.2) is 5.78 Å². The second kappa shape index (κ2) is 14.8. The number of aliphatic hydroxyl groups is 1. The normalized spacial score (nSPS) is 21.2. The number of phenolic OH excluding ortho intramolecular Hbond substituents is 1. The molecule has 0 saturated carbocycles. The molecule has 2 heterocycles. The molecule has 2 aromatic carbocycles. The van der Waals surface area contributed by atoms with E-state index in [-0.39, 0.29) is 31.0 Å². The Kier molecular flexibility index (Phi) is 11.1. The van der Waals surface area contributed by atoms with Crippen LogP contribution in [0.15, 0.2) is 48.5 Å². The molecule has 0 bridgehead atoms. The minimum atomic E-state index is -1.15. The van der Waals surface area contributed by atoms with Crippen molar-refractivity contribution in [2.24, 2.45) is 0 Å². The summed E-state index contributed by atoms with van der Waals surface area (Å²) in [7, 11) is 1.47. The highest BCUT2D eigenvalue weighted by molar-refractivity contribution is 5.98. The number of methoxy groups -OCH3 is 1. The third-order valence-electron chi connectivity index (χ3n) is 7.73. The number of hydrogen-bond donors (Lipinski definition) is 5. The van der Waals surface area contributed by atoms with E-state index in [9.17, 15) is 24.6 Å². The molecule has 12 nitrogen and oxygen atoms in total. The smallest absolute Gasteiger partial charge is 0.243 e. The molecule has 43 heavy (non-hydrogen) atoms. The van der Waals surface area contributed by atoms with Crippen LogP contribution < -0.4 is 20.7 Å². The molecular weight excluding hydrogens is 556 g/mol. The van der Waals surface area contributed by atoms with E-state index in [2.05, 4.69) is 16.0 Å². The zero-order valence-corrected chi connectivity index (χ0v) is 24.9. The lowest BCUT2D eigenvalue weighted by Gasteiger charge is -2.30. The minimum absolute atomic E-state index is 0.0591. The van der Waals surface area contributed by atoms with Crippen LogP contribution in [0.25, 0.3) is 0 Å². The van der Waals surface area contributed by atoms with Gasteiger partial charge in [0.2, 0.25) is 11.8 Å². The molecule has 2 aliphatic heterocycles. The molecule has 0 aliphatic carbocycles. The van der Waals surface area contributed by atoms with Crippen molar-refractivity contribution in [3.05, 3.63) is 59.7 Å². The molecule has 5 N–H and O–H groups in total. The van der Waals surface area contributed by atoms with Crippen LogP contribution in [0.2, 0.25) is 0 Å². The van der Waals surface area contributed by atoms with E-state index in [1.165, 1.54) is 13.2 Å². The first kappa shape index (κ1) is 32.4. The molecule has 0 radical (unpaired) electrons. The van der Waals surface area contributed by atoms with Gasteiger partial charge in [-0.05, 0) is 37.5 Å². The standard InChI is InChI=1S/C31H42N4O8/c1-20(32-27(37)18-35-11-13-42-14-12-35)29(39)34-25(16-22-9-10-23(41-3)17-26(22)36)30(40)33-24(28(38)31(2)19-43-31)15-21-7-5-4-6-8-21/h4-10,17,20,24-25,27,32,36-37H,11-16,18-19H2,1-3H3,(H,33,40)(H,34,39). The molecule has 234 valence electrons. The highest BCUT2D eigenvalue weighted by Crippen LogP contribution is 2.29. The van der Waals surface area contributed by atoms with E-state index in [0.717, 1.165) is 5.56 Å². The van der Waals surface area contributed by atoms with E-state index in [1.54, 1.807) is 26.0 Å². The van der Waals surface area contributed by atoms with Crippen molar-refractivity contribution in [1.29, 1.82) is 0 Å². The fraction of sp³-hybridized carbons (Fsp3) is 0.516. The van der Waals surface area contributed by atoms with E-state index in [1.807, 2.05) is 35.2 Å². The SMILES string of the molecule is COc1ccc(CC(NC(=O)C(C)NC(O)CN2CCOCC2)C(=O)NC(Cc2ccccc2)C(=O)C2(C)CO2)c(O)c1. The van der Waals surface area contributed by atoms with Gasteiger partial charge in [-0.2, -0.15) is 0 Å². The van der Waals surface area contributed by atoms with Gasteiger partial charge in [-0.1, -0.05) is 36.4 Å². The van der Waals surface area contributed by atoms with Crippen LogP contribution in [0.1, 0.15) is 25.0 Å². The van der Waals surface area contributed by atoms with E-state index >= 15 is 0 Å². The number of epoxide rings is 1. The summed E-state index contributed by atoms with van der Waals surface area (Å²) in [5, 5.41) is 29.6. The van der Waals surface area contributed by atoms with Gasteiger partial charge in [-0.25, -0.2) is 0 Å². The number of benzene rings is 2. The van der Waals surface area contributed by atoms with E-state index in [0.29, 0.717) is 44.2 Å². The van der Waals surface area contributed by atoms with Gasteiger partial charge in [0, 0.05) is 32.1 Å². The van der Waals surface area contributed by atoms with Gasteiger partial charge in [-0.15, -0.1) is 0 Å². The Morgan fingerprint density at radius 3 is 2.33 bits per heavy atom. The van der Waals surface area contributed by atoms with Gasteiger partial charge in [0.1, 0.15) is 29.4 Å². The van der Waals surface area contributed by atoms with Crippen molar-refractivity contribution < 1.29 is 38.8 Å². The molecule has 2 fully saturated rings. The molecule has 2 amide bonds. The van der Waals surface area contributed by atoms with Gasteiger partial charge < -0.3 is 35.1 Å². The molecule has 2 aliphatic rings. The van der Waals surface area contributed by atoms with Crippen molar-refractivity contribution in [2.75, 3.05) is 46.6 Å². The Labute approximate surface area is 251 Å². The zero-order valence-electron chi connectivity index (χ0n) is 24.9. The second-order valence-electron chi connectivity index (χ2n) is 11.2. The van der Waals surface area contributed by atoms with Crippen LogP contribution in [0, 0.1) is 0 Å². The molecule has 5 atom stereocenters. The van der Waals surface area contributed by atoms with Gasteiger partial charge >= 0.3 is 0 Å². The van der Waals surface area contributed by atoms with Crippen LogP contribution in [0.4, 0.5) is 0 Å². The third kappa shape index (κ3) is 9.22. The molecule has 5 unspecified atom stereocenters. The Morgan fingerprint density at radius 1 is 1.02 bits per heavy atom. The molecule has 4 rings (SSSR count). The number of rotatable bonds is 15. The summed E-state index contributed by atoms with van der Waals surface area (Å²) in [5.74, 6) is -1.05. The van der Waals surface area contributed by atoms with Crippen LogP contribution in [-0.2, 0) is 36.7 Å². The van der Waals surface area contributed by atoms with Crippen molar-refractivity contribution in [3.63, 3.8) is 0 Å². The summed E-state index contributed by atoms with van der Waals surface area (Å²) in [5.41, 5.74) is 0.276. The summed E-state index contributed by atoms with van der Waals surface area (Å²) >= 11 is 0.